The summed E-state index contributed by atoms with van der Waals surface area (Å²) in [6.45, 7) is 0.322. The molecule has 0 aliphatic rings. The van der Waals surface area contributed by atoms with E-state index in [-0.39, 0.29) is 41.1 Å². The third-order valence-electron chi connectivity index (χ3n) is 3.88. The zero-order chi connectivity index (χ0) is 23.0. The molecule has 0 aliphatic carbocycles. The minimum atomic E-state index is -3.75. The summed E-state index contributed by atoms with van der Waals surface area (Å²) in [7, 11) is -2.29. The van der Waals surface area contributed by atoms with Crippen LogP contribution in [0.15, 0.2) is 52.8 Å². The fourth-order valence-electron chi connectivity index (χ4n) is 2.38. The van der Waals surface area contributed by atoms with E-state index in [1.54, 1.807) is 12.3 Å². The van der Waals surface area contributed by atoms with Crippen molar-refractivity contribution in [2.45, 2.75) is 11.5 Å². The fourth-order valence-corrected chi connectivity index (χ4v) is 3.93. The summed E-state index contributed by atoms with van der Waals surface area (Å²) >= 11 is 0.648. The van der Waals surface area contributed by atoms with Crippen molar-refractivity contribution in [2.75, 3.05) is 25.6 Å². The fraction of sp³-hybridized carbons (Fsp3) is 0.222. The monoisotopic (exact) mass is 482 g/mol. The number of halogens is 1. The summed E-state index contributed by atoms with van der Waals surface area (Å²) in [4.78, 5) is 21.7. The lowest BCUT2D eigenvalue weighted by molar-refractivity contribution is -0.110. The second-order valence-electron chi connectivity index (χ2n) is 6.12. The molecule has 0 saturated heterocycles. The highest BCUT2D eigenvalue weighted by atomic mass is 32.2. The van der Waals surface area contributed by atoms with Gasteiger partial charge in [0.15, 0.2) is 22.6 Å². The minimum absolute atomic E-state index is 0.00320. The van der Waals surface area contributed by atoms with Crippen molar-refractivity contribution >= 4 is 38.1 Å². The zero-order valence-electron chi connectivity index (χ0n) is 16.7. The number of aromatic amines is 1. The Morgan fingerprint density at radius 1 is 1.28 bits per heavy atom. The number of aromatic nitrogens is 3. The van der Waals surface area contributed by atoms with Crippen LogP contribution in [0.4, 0.5) is 9.52 Å². The first-order chi connectivity index (χ1) is 15.4. The van der Waals surface area contributed by atoms with Crippen molar-refractivity contribution in [2.24, 2.45) is 5.16 Å². The van der Waals surface area contributed by atoms with Crippen LogP contribution in [0.1, 0.15) is 11.3 Å². The highest BCUT2D eigenvalue weighted by Gasteiger charge is 2.19. The van der Waals surface area contributed by atoms with Crippen LogP contribution in [0, 0.1) is 5.13 Å². The van der Waals surface area contributed by atoms with Gasteiger partial charge < -0.3 is 9.57 Å². The summed E-state index contributed by atoms with van der Waals surface area (Å²) in [6.07, 6.45) is 2.58. The summed E-state index contributed by atoms with van der Waals surface area (Å²) in [6, 6.07) is 7.13. The molecule has 2 heterocycles. The maximum absolute atomic E-state index is 13.2. The first kappa shape index (κ1) is 23.5. The smallest absolute Gasteiger partial charge is 0.280 e. The largest absolute Gasteiger partial charge is 0.389 e. The number of rotatable bonds is 11. The Morgan fingerprint density at radius 3 is 2.69 bits per heavy atom. The summed E-state index contributed by atoms with van der Waals surface area (Å²) < 4.78 is 45.1. The van der Waals surface area contributed by atoms with E-state index in [1.165, 1.54) is 31.4 Å². The first-order valence-electron chi connectivity index (χ1n) is 9.09. The predicted molar refractivity (Wildman–Crippen MR) is 114 cm³/mol. The molecule has 0 radical (unpaired) electrons. The van der Waals surface area contributed by atoms with Crippen molar-refractivity contribution in [1.82, 2.24) is 19.9 Å². The number of nitrogens with zero attached hydrogens (tertiary/aromatic N) is 3. The maximum Gasteiger partial charge on any atom is 0.280 e. The number of amides is 1. The van der Waals surface area contributed by atoms with Gasteiger partial charge in [0, 0.05) is 25.4 Å². The standard InChI is InChI=1S/C18H19FN6O5S2/c1-29-9-8-22-32(27,28)14-4-2-12(3-5-14)16(25-30-11-13-6-7-21-24-13)17(26)23-18-20-10-15(19)31-18/h2-7,10,22H,8-9,11H2,1H3,(H,21,24)(H,20,23,26)/b25-16+. The molecule has 1 amide bonds. The van der Waals surface area contributed by atoms with Crippen LogP contribution in [0.5, 0.6) is 0 Å². The normalized spacial score (nSPS) is 12.0. The molecule has 1 aromatic carbocycles. The van der Waals surface area contributed by atoms with Crippen molar-refractivity contribution in [1.29, 1.82) is 0 Å². The molecule has 11 nitrogen and oxygen atoms in total. The summed E-state index contributed by atoms with van der Waals surface area (Å²) in [5.41, 5.74) is 0.670. The van der Waals surface area contributed by atoms with Gasteiger partial charge in [-0.15, -0.1) is 0 Å². The van der Waals surface area contributed by atoms with Gasteiger partial charge in [0.25, 0.3) is 5.91 Å². The lowest BCUT2D eigenvalue weighted by Gasteiger charge is -2.09. The highest BCUT2D eigenvalue weighted by molar-refractivity contribution is 7.89. The molecule has 3 rings (SSSR count). The molecule has 0 bridgehead atoms. The van der Waals surface area contributed by atoms with E-state index in [9.17, 15) is 17.6 Å². The van der Waals surface area contributed by atoms with Crippen molar-refractivity contribution in [3.05, 3.63) is 59.1 Å². The Kier molecular flexibility index (Phi) is 7.99. The molecule has 170 valence electrons. The van der Waals surface area contributed by atoms with Crippen LogP contribution in [0.2, 0.25) is 0 Å². The number of H-pyrrole nitrogens is 1. The molecule has 0 saturated carbocycles. The number of thiazole rings is 1. The number of ether oxygens (including phenoxy) is 1. The SMILES string of the molecule is COCCNS(=O)(=O)c1ccc(/C(=N\OCc2cc[nH]n2)C(=O)Nc2ncc(F)s2)cc1. The van der Waals surface area contributed by atoms with Crippen molar-refractivity contribution < 1.29 is 27.2 Å². The lowest BCUT2D eigenvalue weighted by atomic mass is 10.1. The number of nitrogens with one attached hydrogen (secondary N) is 3. The van der Waals surface area contributed by atoms with E-state index in [4.69, 9.17) is 9.57 Å². The molecule has 2 aromatic heterocycles. The van der Waals surface area contributed by atoms with Gasteiger partial charge in [0.2, 0.25) is 10.0 Å². The third-order valence-corrected chi connectivity index (χ3v) is 6.05. The highest BCUT2D eigenvalue weighted by Crippen LogP contribution is 2.17. The van der Waals surface area contributed by atoms with E-state index < -0.39 is 21.1 Å². The Labute approximate surface area is 186 Å². The number of oxime groups is 1. The average molecular weight is 483 g/mol. The number of carbonyl (C=O) groups is 1. The molecule has 0 spiro atoms. The Hall–Kier alpha value is -3.20. The number of hydrogen-bond acceptors (Lipinski definition) is 9. The van der Waals surface area contributed by atoms with Gasteiger partial charge in [-0.1, -0.05) is 28.6 Å². The second-order valence-corrected chi connectivity index (χ2v) is 8.87. The summed E-state index contributed by atoms with van der Waals surface area (Å²) in [5, 5.41) is 12.3. The van der Waals surface area contributed by atoms with Crippen LogP contribution in [-0.2, 0) is 31.0 Å². The Bertz CT molecular complexity index is 1160. The van der Waals surface area contributed by atoms with Crippen molar-refractivity contribution in [3.8, 4) is 0 Å². The molecule has 14 heteroatoms. The summed E-state index contributed by atoms with van der Waals surface area (Å²) in [5.74, 6) is -0.713. The molecule has 32 heavy (non-hydrogen) atoms. The maximum atomic E-state index is 13.2. The van der Waals surface area contributed by atoms with Gasteiger partial charge in [-0.2, -0.15) is 9.49 Å². The lowest BCUT2D eigenvalue weighted by Crippen LogP contribution is -2.27. The molecule has 0 fully saturated rings. The molecule has 0 unspecified atom stereocenters. The number of anilines is 1. The number of benzene rings is 1. The van der Waals surface area contributed by atoms with E-state index in [1.807, 2.05) is 0 Å². The van der Waals surface area contributed by atoms with E-state index >= 15 is 0 Å². The number of carbonyl (C=O) groups excluding carboxylic acids is 1. The number of hydrogen-bond donors (Lipinski definition) is 3. The van der Waals surface area contributed by atoms with Crippen LogP contribution in [0.3, 0.4) is 0 Å². The van der Waals surface area contributed by atoms with E-state index in [0.29, 0.717) is 17.0 Å². The van der Waals surface area contributed by atoms with Gasteiger partial charge in [0.05, 0.1) is 17.7 Å². The van der Waals surface area contributed by atoms with Gasteiger partial charge in [-0.25, -0.2) is 18.1 Å². The average Bonchev–Trinajstić information content (AvgIpc) is 3.43. The van der Waals surface area contributed by atoms with Crippen LogP contribution < -0.4 is 10.0 Å². The molecule has 3 aromatic rings. The Morgan fingerprint density at radius 2 is 2.06 bits per heavy atom. The molecule has 3 N–H and O–H groups in total. The van der Waals surface area contributed by atoms with Crippen LogP contribution in [0.25, 0.3) is 0 Å². The second kappa shape index (κ2) is 10.9. The predicted octanol–water partition coefficient (Wildman–Crippen LogP) is 1.49. The molecular formula is C18H19FN6O5S2. The molecule has 0 atom stereocenters. The molecular weight excluding hydrogens is 463 g/mol. The zero-order valence-corrected chi connectivity index (χ0v) is 18.4. The third kappa shape index (κ3) is 6.40. The van der Waals surface area contributed by atoms with Gasteiger partial charge in [-0.05, 0) is 18.2 Å². The van der Waals surface area contributed by atoms with Crippen LogP contribution in [-0.4, -0.2) is 55.5 Å². The van der Waals surface area contributed by atoms with Crippen LogP contribution >= 0.6 is 11.3 Å². The van der Waals surface area contributed by atoms with Gasteiger partial charge >= 0.3 is 0 Å². The van der Waals surface area contributed by atoms with Gasteiger partial charge in [-0.3, -0.25) is 15.2 Å². The Balaban J connectivity index is 1.80. The quantitative estimate of drug-likeness (QED) is 0.213. The topological polar surface area (TPSA) is 148 Å². The molecule has 0 aliphatic heterocycles. The number of methoxy groups -OCH3 is 1. The first-order valence-corrected chi connectivity index (χ1v) is 11.4. The minimum Gasteiger partial charge on any atom is -0.389 e. The number of sulfonamides is 1. The van der Waals surface area contributed by atoms with Gasteiger partial charge in [0.1, 0.15) is 5.69 Å². The van der Waals surface area contributed by atoms with E-state index in [0.717, 1.165) is 6.20 Å². The van der Waals surface area contributed by atoms with E-state index in [2.05, 4.69) is 30.4 Å². The van der Waals surface area contributed by atoms with Crippen molar-refractivity contribution in [3.63, 3.8) is 0 Å².